The molecular formula is C27H36N8OS. The first kappa shape index (κ1) is 26.8. The molecular weight excluding hydrogens is 484 g/mol. The molecule has 9 nitrogen and oxygen atoms in total. The average molecular weight is 521 g/mol. The van der Waals surface area contributed by atoms with Crippen LogP contribution in [0.3, 0.4) is 0 Å². The van der Waals surface area contributed by atoms with Crippen LogP contribution in [0.5, 0.6) is 0 Å². The van der Waals surface area contributed by atoms with Crippen molar-refractivity contribution < 1.29 is 4.79 Å². The second-order valence-corrected chi connectivity index (χ2v) is 10.6. The predicted octanol–water partition coefficient (Wildman–Crippen LogP) is 4.20. The van der Waals surface area contributed by atoms with Gasteiger partial charge in [-0.1, -0.05) is 32.1 Å². The molecule has 1 amide bonds. The molecule has 3 aromatic rings. The van der Waals surface area contributed by atoms with Crippen LogP contribution in [-0.2, 0) is 11.2 Å². The van der Waals surface area contributed by atoms with Crippen molar-refractivity contribution in [1.82, 2.24) is 35.1 Å². The monoisotopic (exact) mass is 520 g/mol. The van der Waals surface area contributed by atoms with Gasteiger partial charge in [0.2, 0.25) is 5.91 Å². The first-order valence-corrected chi connectivity index (χ1v) is 13.8. The summed E-state index contributed by atoms with van der Waals surface area (Å²) in [7, 11) is 1.63. The molecule has 1 aliphatic heterocycles. The lowest BCUT2D eigenvalue weighted by molar-refractivity contribution is -0.116. The van der Waals surface area contributed by atoms with Crippen molar-refractivity contribution in [3.63, 3.8) is 0 Å². The van der Waals surface area contributed by atoms with Crippen LogP contribution in [0.2, 0.25) is 0 Å². The lowest BCUT2D eigenvalue weighted by Gasteiger charge is -2.50. The van der Waals surface area contributed by atoms with Gasteiger partial charge >= 0.3 is 0 Å². The number of fused-ring (bicyclic) bond motifs is 1. The Balaban J connectivity index is 1.68. The van der Waals surface area contributed by atoms with Crippen molar-refractivity contribution in [2.24, 2.45) is 0 Å². The number of likely N-dealkylation sites (N-methyl/N-ethyl adjacent to an activating group) is 1. The van der Waals surface area contributed by atoms with Crippen molar-refractivity contribution >= 4 is 33.3 Å². The molecule has 196 valence electrons. The number of imidazole rings is 1. The van der Waals surface area contributed by atoms with Gasteiger partial charge in [-0.3, -0.25) is 9.69 Å². The van der Waals surface area contributed by atoms with Crippen molar-refractivity contribution in [3.8, 4) is 6.07 Å². The summed E-state index contributed by atoms with van der Waals surface area (Å²) in [6.45, 7) is 10.3. The maximum atomic E-state index is 12.5. The second kappa shape index (κ2) is 11.8. The molecule has 0 aromatic carbocycles. The van der Waals surface area contributed by atoms with Gasteiger partial charge in [0.05, 0.1) is 34.9 Å². The van der Waals surface area contributed by atoms with E-state index >= 15 is 0 Å². The van der Waals surface area contributed by atoms with E-state index in [4.69, 9.17) is 10.2 Å². The topological polar surface area (TPSA) is 114 Å². The number of thiazole rings is 1. The summed E-state index contributed by atoms with van der Waals surface area (Å²) in [5, 5.41) is 12.8. The molecule has 4 rings (SSSR count). The van der Waals surface area contributed by atoms with Crippen LogP contribution in [0.1, 0.15) is 68.3 Å². The van der Waals surface area contributed by atoms with Crippen LogP contribution in [0.15, 0.2) is 24.4 Å². The number of aryl methyl sites for hydroxylation is 1. The molecule has 2 N–H and O–H groups in total. The number of hydrogen-bond acceptors (Lipinski definition) is 8. The zero-order valence-electron chi connectivity index (χ0n) is 22.3. The molecule has 0 saturated carbocycles. The number of nitriles is 1. The standard InChI is InChI=1S/C27H36N8OS/c1-6-19-16-35(24(13-25(36)29-5)26-30-14-18(32-26)11-12-28)20(7-2)15-34(19)23(8-3)21-9-10-22-27(33-21)37-17(4)31-22/h9-10,13-14,19-20,23H,6-8,11,15-16H2,1-5H3,(H,29,36)(H,30,32)/b24-13+/t19-,20+,23?/m1/s1. The van der Waals surface area contributed by atoms with E-state index in [0.29, 0.717) is 5.82 Å². The van der Waals surface area contributed by atoms with Crippen LogP contribution in [0, 0.1) is 18.3 Å². The largest absolute Gasteiger partial charge is 0.363 e. The molecule has 0 radical (unpaired) electrons. The van der Waals surface area contributed by atoms with E-state index in [0.717, 1.165) is 64.8 Å². The van der Waals surface area contributed by atoms with Crippen LogP contribution < -0.4 is 5.32 Å². The minimum absolute atomic E-state index is 0.178. The van der Waals surface area contributed by atoms with Gasteiger partial charge in [0.15, 0.2) is 5.82 Å². The number of carbonyl (C=O) groups excluding carboxylic acids is 1. The highest BCUT2D eigenvalue weighted by atomic mass is 32.1. The summed E-state index contributed by atoms with van der Waals surface area (Å²) < 4.78 is 0. The Bertz CT molecular complexity index is 1310. The van der Waals surface area contributed by atoms with E-state index in [2.05, 4.69) is 69.0 Å². The quantitative estimate of drug-likeness (QED) is 0.407. The summed E-state index contributed by atoms with van der Waals surface area (Å²) in [5.74, 6) is 0.442. The zero-order chi connectivity index (χ0) is 26.5. The highest BCUT2D eigenvalue weighted by Gasteiger charge is 2.38. The molecule has 0 aliphatic carbocycles. The Morgan fingerprint density at radius 1 is 1.27 bits per heavy atom. The van der Waals surface area contributed by atoms with Crippen molar-refractivity contribution in [2.45, 2.75) is 71.5 Å². The fraction of sp³-hybridized carbons (Fsp3) is 0.519. The van der Waals surface area contributed by atoms with Crippen LogP contribution in [0.4, 0.5) is 0 Å². The lowest BCUT2D eigenvalue weighted by Crippen LogP contribution is -2.58. The van der Waals surface area contributed by atoms with Gasteiger partial charge < -0.3 is 15.2 Å². The molecule has 1 unspecified atom stereocenters. The molecule has 1 fully saturated rings. The molecule has 0 spiro atoms. The summed E-state index contributed by atoms with van der Waals surface area (Å²) in [4.78, 5) is 35.8. The van der Waals surface area contributed by atoms with Gasteiger partial charge in [-0.25, -0.2) is 15.0 Å². The van der Waals surface area contributed by atoms with Gasteiger partial charge in [-0.05, 0) is 38.3 Å². The second-order valence-electron chi connectivity index (χ2n) is 9.43. The molecule has 1 aliphatic rings. The van der Waals surface area contributed by atoms with Crippen molar-refractivity contribution in [1.29, 1.82) is 5.26 Å². The van der Waals surface area contributed by atoms with Crippen LogP contribution in [0.25, 0.3) is 16.0 Å². The maximum absolute atomic E-state index is 12.5. The Kier molecular flexibility index (Phi) is 8.56. The van der Waals surface area contributed by atoms with Gasteiger partial charge in [0.1, 0.15) is 10.3 Å². The van der Waals surface area contributed by atoms with E-state index in [-0.39, 0.29) is 30.5 Å². The highest BCUT2D eigenvalue weighted by Crippen LogP contribution is 2.35. The number of amides is 1. The molecule has 10 heteroatoms. The Labute approximate surface area is 222 Å². The van der Waals surface area contributed by atoms with Crippen LogP contribution >= 0.6 is 11.3 Å². The van der Waals surface area contributed by atoms with E-state index in [1.165, 1.54) is 0 Å². The summed E-state index contributed by atoms with van der Waals surface area (Å²) in [6, 6.07) is 7.04. The van der Waals surface area contributed by atoms with E-state index in [9.17, 15) is 4.79 Å². The maximum Gasteiger partial charge on any atom is 0.245 e. The van der Waals surface area contributed by atoms with Crippen molar-refractivity contribution in [3.05, 3.63) is 46.6 Å². The minimum Gasteiger partial charge on any atom is -0.363 e. The molecule has 4 heterocycles. The third-order valence-electron chi connectivity index (χ3n) is 7.16. The molecule has 3 aromatic heterocycles. The predicted molar refractivity (Wildman–Crippen MR) is 147 cm³/mol. The third kappa shape index (κ3) is 5.68. The van der Waals surface area contributed by atoms with Crippen LogP contribution in [-0.4, -0.2) is 67.9 Å². The average Bonchev–Trinajstić information content (AvgIpc) is 3.52. The fourth-order valence-corrected chi connectivity index (χ4v) is 6.04. The third-order valence-corrected chi connectivity index (χ3v) is 8.04. The Morgan fingerprint density at radius 3 is 2.73 bits per heavy atom. The number of aromatic nitrogens is 4. The van der Waals surface area contributed by atoms with Gasteiger partial charge in [0, 0.05) is 50.2 Å². The van der Waals surface area contributed by atoms with Gasteiger partial charge in [-0.15, -0.1) is 0 Å². The van der Waals surface area contributed by atoms with E-state index in [1.54, 1.807) is 30.7 Å². The smallest absolute Gasteiger partial charge is 0.245 e. The first-order valence-electron chi connectivity index (χ1n) is 13.0. The van der Waals surface area contributed by atoms with Gasteiger partial charge in [0.25, 0.3) is 0 Å². The zero-order valence-corrected chi connectivity index (χ0v) is 23.1. The molecule has 1 saturated heterocycles. The summed E-state index contributed by atoms with van der Waals surface area (Å²) in [5.41, 5.74) is 3.56. The number of hydrogen-bond donors (Lipinski definition) is 2. The number of carbonyl (C=O) groups is 1. The Morgan fingerprint density at radius 2 is 2.05 bits per heavy atom. The number of H-pyrrole nitrogens is 1. The number of aromatic amines is 1. The molecule has 0 bridgehead atoms. The van der Waals surface area contributed by atoms with Gasteiger partial charge in [-0.2, -0.15) is 5.26 Å². The summed E-state index contributed by atoms with van der Waals surface area (Å²) in [6.07, 6.45) is 6.40. The SMILES string of the molecule is CCC(c1ccc2nc(C)sc2n1)N1C[C@H](CC)N(/C(=C/C(=O)NC)c2ncc(CC#N)[nH]2)C[C@H]1CC. The number of nitrogens with one attached hydrogen (secondary N) is 2. The highest BCUT2D eigenvalue weighted by molar-refractivity contribution is 7.18. The normalized spacial score (nSPS) is 19.7. The summed E-state index contributed by atoms with van der Waals surface area (Å²) >= 11 is 1.64. The Hall–Kier alpha value is -3.29. The fourth-order valence-electron chi connectivity index (χ4n) is 5.25. The minimum atomic E-state index is -0.178. The van der Waals surface area contributed by atoms with E-state index < -0.39 is 0 Å². The lowest BCUT2D eigenvalue weighted by atomic mass is 9.96. The number of piperazine rings is 1. The number of pyridine rings is 1. The molecule has 3 atom stereocenters. The molecule has 37 heavy (non-hydrogen) atoms. The number of rotatable bonds is 9. The number of nitrogens with zero attached hydrogens (tertiary/aromatic N) is 6. The van der Waals surface area contributed by atoms with Crippen molar-refractivity contribution in [2.75, 3.05) is 20.1 Å². The first-order chi connectivity index (χ1) is 17.9. The van der Waals surface area contributed by atoms with E-state index in [1.807, 2.05) is 6.92 Å².